The van der Waals surface area contributed by atoms with Crippen molar-refractivity contribution in [1.29, 1.82) is 0 Å². The van der Waals surface area contributed by atoms with Gasteiger partial charge in [-0.15, -0.1) is 0 Å². The molecule has 1 saturated heterocycles. The van der Waals surface area contributed by atoms with E-state index in [4.69, 9.17) is 19.4 Å². The third-order valence-electron chi connectivity index (χ3n) is 6.29. The van der Waals surface area contributed by atoms with Crippen LogP contribution in [0.15, 0.2) is 42.6 Å². The standard InChI is InChI=1S/C21H27N2.C9H11N.2ClH.Ru/c1-14-9-16(3)20(17(4)10-14)22-7-8-23(13-22)21-18(5)11-15(2)12-19(21)6;1-3-4-9-7-8(2)5-6-10-9;;;/h9-13H,7-8H2,1-6H3;1,5-7H,3-4H2,2H3;2*1H;/q-1;;;;+2/p-2. The third kappa shape index (κ3) is 7.88. The van der Waals surface area contributed by atoms with Crippen LogP contribution < -0.4 is 9.80 Å². The van der Waals surface area contributed by atoms with Crippen molar-refractivity contribution in [3.05, 3.63) is 93.9 Å². The summed E-state index contributed by atoms with van der Waals surface area (Å²) in [6.07, 6.45) is 3.70. The van der Waals surface area contributed by atoms with Crippen LogP contribution >= 0.6 is 19.4 Å². The molecule has 2 aromatic carbocycles. The van der Waals surface area contributed by atoms with Crippen LogP contribution in [-0.4, -0.2) is 22.7 Å². The van der Waals surface area contributed by atoms with Gasteiger partial charge in [-0.3, -0.25) is 0 Å². The predicted octanol–water partition coefficient (Wildman–Crippen LogP) is 8.03. The third-order valence-corrected chi connectivity index (χ3v) is 8.62. The van der Waals surface area contributed by atoms with E-state index in [1.54, 1.807) is 0 Å². The molecule has 1 aliphatic heterocycles. The predicted molar refractivity (Wildman–Crippen MR) is 155 cm³/mol. The maximum atomic E-state index is 5.71. The number of nitrogens with zero attached hydrogens (tertiary/aromatic N) is 3. The fourth-order valence-corrected chi connectivity index (χ4v) is 6.64. The Morgan fingerprint density at radius 2 is 1.25 bits per heavy atom. The van der Waals surface area contributed by atoms with E-state index >= 15 is 0 Å². The second-order valence-electron chi connectivity index (χ2n) is 9.71. The van der Waals surface area contributed by atoms with Gasteiger partial charge in [0, 0.05) is 24.5 Å². The summed E-state index contributed by atoms with van der Waals surface area (Å²) in [4.78, 5) is 9.06. The van der Waals surface area contributed by atoms with Gasteiger partial charge < -0.3 is 9.80 Å². The van der Waals surface area contributed by atoms with E-state index < -0.39 is 13.5 Å². The summed E-state index contributed by atoms with van der Waals surface area (Å²) in [6, 6.07) is 13.2. The van der Waals surface area contributed by atoms with Crippen molar-refractivity contribution in [3.63, 3.8) is 0 Å². The van der Waals surface area contributed by atoms with Gasteiger partial charge in [0.2, 0.25) is 0 Å². The van der Waals surface area contributed by atoms with Crippen molar-refractivity contribution in [3.8, 4) is 0 Å². The topological polar surface area (TPSA) is 19.4 Å². The molecule has 1 aromatic heterocycles. The maximum absolute atomic E-state index is 5.71. The van der Waals surface area contributed by atoms with Crippen LogP contribution in [0, 0.1) is 55.1 Å². The number of anilines is 2. The summed E-state index contributed by atoms with van der Waals surface area (Å²) >= 11 is -1.57. The summed E-state index contributed by atoms with van der Waals surface area (Å²) in [5, 5.41) is 0. The summed E-state index contributed by atoms with van der Waals surface area (Å²) in [6.45, 7) is 19.6. The van der Waals surface area contributed by atoms with Crippen LogP contribution in [0.4, 0.5) is 11.4 Å². The molecule has 1 aliphatic rings. The molecule has 0 bridgehead atoms. The quantitative estimate of drug-likeness (QED) is 0.215. The van der Waals surface area contributed by atoms with Crippen LogP contribution in [0.3, 0.4) is 0 Å². The molecule has 196 valence electrons. The molecule has 0 amide bonds. The summed E-state index contributed by atoms with van der Waals surface area (Å²) in [5.41, 5.74) is 13.2. The van der Waals surface area contributed by atoms with E-state index in [1.807, 2.05) is 16.9 Å². The average Bonchev–Trinajstić information content (AvgIpc) is 3.21. The van der Waals surface area contributed by atoms with E-state index in [1.165, 1.54) is 50.3 Å². The molecule has 2 heterocycles. The Balaban J connectivity index is 0.000000236. The summed E-state index contributed by atoms with van der Waals surface area (Å²) < 4.78 is 2.01. The van der Waals surface area contributed by atoms with Crippen molar-refractivity contribution in [1.82, 2.24) is 4.98 Å². The number of aromatic nitrogens is 1. The number of hydrogen-bond donors (Lipinski definition) is 0. The van der Waals surface area contributed by atoms with Crippen LogP contribution in [0.2, 0.25) is 0 Å². The van der Waals surface area contributed by atoms with Crippen LogP contribution in [0.5, 0.6) is 0 Å². The number of aryl methyl sites for hydroxylation is 8. The number of hydrogen-bond acceptors (Lipinski definition) is 3. The zero-order valence-electron chi connectivity index (χ0n) is 22.5. The van der Waals surface area contributed by atoms with E-state index in [-0.39, 0.29) is 0 Å². The zero-order chi connectivity index (χ0) is 26.4. The average molecular weight is 613 g/mol. The summed E-state index contributed by atoms with van der Waals surface area (Å²) in [7, 11) is 11.4. The molecule has 0 radical (unpaired) electrons. The molecule has 1 fully saturated rings. The van der Waals surface area contributed by atoms with Gasteiger partial charge >= 0.3 is 91.8 Å². The first-order valence-electron chi connectivity index (χ1n) is 12.3. The zero-order valence-corrected chi connectivity index (χ0v) is 25.7. The van der Waals surface area contributed by atoms with Gasteiger partial charge in [-0.1, -0.05) is 35.4 Å². The Labute approximate surface area is 231 Å². The SMILES string of the molecule is Cc1cc(C)c(N2[CH-]N(c3c(C)cc(C)cc3C)CC2)c(C)c1.Cc1ccnc(CC[CH]=[Ru]([Cl])[Cl])c1. The Bertz CT molecular complexity index is 1130. The van der Waals surface area contributed by atoms with Crippen LogP contribution in [0.25, 0.3) is 0 Å². The van der Waals surface area contributed by atoms with Gasteiger partial charge in [0.05, 0.1) is 0 Å². The second-order valence-corrected chi connectivity index (χ2v) is 15.6. The normalized spacial score (nSPS) is 13.4. The molecule has 36 heavy (non-hydrogen) atoms. The Morgan fingerprint density at radius 3 is 1.67 bits per heavy atom. The number of rotatable bonds is 5. The molecule has 0 N–H and O–H groups in total. The minimum absolute atomic E-state index is 0.933. The van der Waals surface area contributed by atoms with Crippen molar-refractivity contribution < 1.29 is 13.5 Å². The van der Waals surface area contributed by atoms with E-state index in [0.29, 0.717) is 0 Å². The van der Waals surface area contributed by atoms with Gasteiger partial charge in [0.1, 0.15) is 0 Å². The molecule has 3 nitrogen and oxygen atoms in total. The Morgan fingerprint density at radius 1 is 0.778 bits per heavy atom. The first-order valence-corrected chi connectivity index (χ1v) is 17.8. The van der Waals surface area contributed by atoms with Gasteiger partial charge in [-0.05, 0) is 63.8 Å². The molecule has 3 aromatic rings. The molecule has 0 unspecified atom stereocenters. The molecule has 0 saturated carbocycles. The minimum atomic E-state index is -1.57. The van der Waals surface area contributed by atoms with Crippen molar-refractivity contribution in [2.45, 2.75) is 61.3 Å². The molecule has 4 rings (SSSR count). The van der Waals surface area contributed by atoms with E-state index in [2.05, 4.69) is 100 Å². The van der Waals surface area contributed by atoms with Gasteiger partial charge in [0.15, 0.2) is 0 Å². The number of pyridine rings is 1. The van der Waals surface area contributed by atoms with Crippen LogP contribution in [0.1, 0.15) is 51.1 Å². The van der Waals surface area contributed by atoms with Gasteiger partial charge in [-0.2, -0.15) is 6.67 Å². The fraction of sp³-hybridized carbons (Fsp3) is 0.367. The van der Waals surface area contributed by atoms with Gasteiger partial charge in [0.25, 0.3) is 0 Å². The fourth-order valence-electron chi connectivity index (χ4n) is 5.10. The molecule has 6 heteroatoms. The summed E-state index contributed by atoms with van der Waals surface area (Å²) in [5.74, 6) is 0. The molecular formula is C30H38Cl2N3Ru-. The van der Waals surface area contributed by atoms with Crippen molar-refractivity contribution in [2.75, 3.05) is 22.9 Å². The first-order chi connectivity index (χ1) is 17.0. The van der Waals surface area contributed by atoms with Crippen molar-refractivity contribution >= 4 is 35.4 Å². The van der Waals surface area contributed by atoms with E-state index in [0.717, 1.165) is 31.6 Å². The number of benzene rings is 2. The molecule has 0 atom stereocenters. The molecule has 0 aliphatic carbocycles. The Hall–Kier alpha value is -1.74. The van der Waals surface area contributed by atoms with Crippen molar-refractivity contribution in [2.24, 2.45) is 0 Å². The first kappa shape index (κ1) is 28.8. The molecular weight excluding hydrogens is 574 g/mol. The van der Waals surface area contributed by atoms with E-state index in [9.17, 15) is 0 Å². The number of halogens is 2. The van der Waals surface area contributed by atoms with Gasteiger partial charge in [-0.25, -0.2) is 0 Å². The Kier molecular flexibility index (Phi) is 10.6. The monoisotopic (exact) mass is 612 g/mol. The second kappa shape index (κ2) is 13.2. The molecule has 0 spiro atoms. The van der Waals surface area contributed by atoms with Crippen LogP contribution in [-0.2, 0) is 19.9 Å².